The molecule has 0 bridgehead atoms. The van der Waals surface area contributed by atoms with Crippen LogP contribution in [0.25, 0.3) is 17.0 Å². The monoisotopic (exact) mass is 405 g/mol. The third-order valence-corrected chi connectivity index (χ3v) is 6.02. The molecule has 7 heteroatoms. The molecule has 2 aromatic carbocycles. The molecule has 1 aromatic heterocycles. The zero-order valence-electron chi connectivity index (χ0n) is 14.9. The molecule has 3 aromatic rings. The maximum Gasteiger partial charge on any atom is 0.273 e. The van der Waals surface area contributed by atoms with Crippen LogP contribution in [-0.2, 0) is 9.59 Å². The lowest BCUT2D eigenvalue weighted by molar-refractivity contribution is -0.135. The topological polar surface area (TPSA) is 74.1 Å². The second-order valence-electron chi connectivity index (χ2n) is 6.07. The normalized spacial score (nSPS) is 15.6. The van der Waals surface area contributed by atoms with Crippen molar-refractivity contribution in [3.05, 3.63) is 71.1 Å². The minimum absolute atomic E-state index is 0.0743. The number of carbonyl (C=O) groups is 2. The van der Waals surface area contributed by atoms with E-state index in [0.717, 1.165) is 43.0 Å². The van der Waals surface area contributed by atoms with Gasteiger partial charge in [0.15, 0.2) is 5.17 Å². The Morgan fingerprint density at radius 3 is 2.57 bits per heavy atom. The van der Waals surface area contributed by atoms with Gasteiger partial charge in [-0.25, -0.2) is 9.88 Å². The largest absolute Gasteiger partial charge is 0.278 e. The smallest absolute Gasteiger partial charge is 0.273 e. The molecule has 0 atom stereocenters. The van der Waals surface area contributed by atoms with E-state index in [1.54, 1.807) is 6.08 Å². The summed E-state index contributed by atoms with van der Waals surface area (Å²) in [5.41, 5.74) is 1.65. The number of thioether (sulfide) groups is 1. The Labute approximate surface area is 170 Å². The fourth-order valence-electron chi connectivity index (χ4n) is 2.81. The van der Waals surface area contributed by atoms with Crippen LogP contribution in [0.2, 0.25) is 0 Å². The average molecular weight is 406 g/mol. The van der Waals surface area contributed by atoms with Gasteiger partial charge in [-0.15, -0.1) is 0 Å². The van der Waals surface area contributed by atoms with Crippen molar-refractivity contribution in [2.24, 2.45) is 0 Å². The van der Waals surface area contributed by atoms with Crippen LogP contribution in [0.5, 0.6) is 0 Å². The number of nitrogens with one attached hydrogen (secondary N) is 1. The molecule has 4 rings (SSSR count). The first kappa shape index (κ1) is 18.5. The van der Waals surface area contributed by atoms with Gasteiger partial charge in [-0.05, 0) is 42.1 Å². The number of benzene rings is 2. The summed E-state index contributed by atoms with van der Waals surface area (Å²) in [6.45, 7) is 1.28. The molecule has 0 saturated carbocycles. The van der Waals surface area contributed by atoms with Crippen molar-refractivity contribution >= 4 is 57.5 Å². The molecule has 0 unspecified atom stereocenters. The molecule has 1 saturated heterocycles. The summed E-state index contributed by atoms with van der Waals surface area (Å²) in [6.07, 6.45) is 1.72. The summed E-state index contributed by atoms with van der Waals surface area (Å²) >= 11 is 2.50. The quantitative estimate of drug-likeness (QED) is 0.635. The molecule has 0 spiro atoms. The Kier molecular flexibility index (Phi) is 5.02. The molecule has 2 heterocycles. The molecule has 0 aliphatic carbocycles. The zero-order chi connectivity index (χ0) is 19.7. The van der Waals surface area contributed by atoms with Gasteiger partial charge in [-0.1, -0.05) is 48.2 Å². The fraction of sp³-hybridized carbons (Fsp3) is 0.0476. The highest BCUT2D eigenvalue weighted by Gasteiger charge is 2.35. The Bertz CT molecular complexity index is 1140. The van der Waals surface area contributed by atoms with Crippen LogP contribution in [-0.4, -0.2) is 26.9 Å². The lowest BCUT2D eigenvalue weighted by Gasteiger charge is -2.09. The van der Waals surface area contributed by atoms with Crippen LogP contribution in [0, 0.1) is 5.41 Å². The molecule has 28 heavy (non-hydrogen) atoms. The number of pyridine rings is 1. The van der Waals surface area contributed by atoms with E-state index in [1.807, 2.05) is 60.7 Å². The molecule has 1 aliphatic heterocycles. The molecular weight excluding hydrogens is 390 g/mol. The predicted molar refractivity (Wildman–Crippen MR) is 113 cm³/mol. The van der Waals surface area contributed by atoms with E-state index in [1.165, 1.54) is 18.7 Å². The number of carbonyl (C=O) groups excluding carboxylic acids is 2. The van der Waals surface area contributed by atoms with Crippen LogP contribution in [0.15, 0.2) is 75.5 Å². The highest BCUT2D eigenvalue weighted by Crippen LogP contribution is 2.36. The van der Waals surface area contributed by atoms with Gasteiger partial charge in [0.25, 0.3) is 5.91 Å². The molecule has 2 amide bonds. The number of imide groups is 1. The van der Waals surface area contributed by atoms with Gasteiger partial charge in [0.05, 0.1) is 10.4 Å². The first-order valence-electron chi connectivity index (χ1n) is 8.49. The van der Waals surface area contributed by atoms with Crippen molar-refractivity contribution in [2.45, 2.75) is 16.8 Å². The van der Waals surface area contributed by atoms with Crippen molar-refractivity contribution in [2.75, 3.05) is 0 Å². The first-order valence-corrected chi connectivity index (χ1v) is 10.1. The van der Waals surface area contributed by atoms with E-state index < -0.39 is 11.8 Å². The summed E-state index contributed by atoms with van der Waals surface area (Å²) in [5, 5.41) is 9.56. The van der Waals surface area contributed by atoms with E-state index in [9.17, 15) is 9.59 Å². The lowest BCUT2D eigenvalue weighted by Crippen LogP contribution is -2.32. The Balaban J connectivity index is 1.81. The molecule has 1 fully saturated rings. The Morgan fingerprint density at radius 2 is 1.86 bits per heavy atom. The Hall–Kier alpha value is -2.90. The zero-order valence-corrected chi connectivity index (χ0v) is 16.5. The number of fused-ring (bicyclic) bond motifs is 1. The number of amides is 2. The molecule has 5 nitrogen and oxygen atoms in total. The molecular formula is C21H15N3O2S2. The first-order chi connectivity index (χ1) is 13.5. The van der Waals surface area contributed by atoms with Crippen molar-refractivity contribution in [1.29, 1.82) is 5.41 Å². The third-order valence-electron chi connectivity index (χ3n) is 4.10. The van der Waals surface area contributed by atoms with Crippen LogP contribution in [0.3, 0.4) is 0 Å². The van der Waals surface area contributed by atoms with E-state index in [4.69, 9.17) is 10.4 Å². The van der Waals surface area contributed by atoms with E-state index in [0.29, 0.717) is 4.91 Å². The summed E-state index contributed by atoms with van der Waals surface area (Å²) in [4.78, 5) is 31.2. The highest BCUT2D eigenvalue weighted by molar-refractivity contribution is 8.18. The predicted octanol–water partition coefficient (Wildman–Crippen LogP) is 4.78. The van der Waals surface area contributed by atoms with Gasteiger partial charge in [-0.3, -0.25) is 15.0 Å². The van der Waals surface area contributed by atoms with E-state index in [2.05, 4.69) is 0 Å². The van der Waals surface area contributed by atoms with Crippen molar-refractivity contribution < 1.29 is 9.59 Å². The average Bonchev–Trinajstić information content (AvgIpc) is 2.96. The van der Waals surface area contributed by atoms with Gasteiger partial charge in [0.2, 0.25) is 5.91 Å². The summed E-state index contributed by atoms with van der Waals surface area (Å²) in [6, 6.07) is 19.7. The SMILES string of the molecule is CC(=O)N1C(=N)S/C(=C/c2cc3ccccc3nc2Sc2ccccc2)C1=O. The second kappa shape index (κ2) is 7.61. The lowest BCUT2D eigenvalue weighted by atomic mass is 10.1. The van der Waals surface area contributed by atoms with Crippen LogP contribution in [0.4, 0.5) is 0 Å². The number of amidine groups is 1. The summed E-state index contributed by atoms with van der Waals surface area (Å²) in [5.74, 6) is -0.923. The molecule has 1 N–H and O–H groups in total. The highest BCUT2D eigenvalue weighted by atomic mass is 32.2. The third kappa shape index (κ3) is 3.58. The van der Waals surface area contributed by atoms with Crippen molar-refractivity contribution in [3.8, 4) is 0 Å². The number of rotatable bonds is 3. The maximum atomic E-state index is 12.5. The molecule has 138 valence electrons. The summed E-state index contributed by atoms with van der Waals surface area (Å²) < 4.78 is 0. The number of nitrogens with zero attached hydrogens (tertiary/aromatic N) is 2. The van der Waals surface area contributed by atoms with Crippen LogP contribution in [0.1, 0.15) is 12.5 Å². The van der Waals surface area contributed by atoms with Crippen molar-refractivity contribution in [1.82, 2.24) is 9.88 Å². The standard InChI is InChI=1S/C21H15N3O2S2/c1-13(25)24-20(26)18(28-21(24)22)12-15-11-14-7-5-6-10-17(14)23-19(15)27-16-8-3-2-4-9-16/h2-12,22H,1H3/b18-12+,22-21?. The van der Waals surface area contributed by atoms with Gasteiger partial charge in [-0.2, -0.15) is 0 Å². The van der Waals surface area contributed by atoms with Gasteiger partial charge < -0.3 is 0 Å². The van der Waals surface area contributed by atoms with Crippen LogP contribution >= 0.6 is 23.5 Å². The van der Waals surface area contributed by atoms with Gasteiger partial charge in [0.1, 0.15) is 5.03 Å². The second-order valence-corrected chi connectivity index (χ2v) is 8.16. The van der Waals surface area contributed by atoms with E-state index in [-0.39, 0.29) is 5.17 Å². The minimum Gasteiger partial charge on any atom is -0.278 e. The van der Waals surface area contributed by atoms with Gasteiger partial charge >= 0.3 is 0 Å². The Morgan fingerprint density at radius 1 is 1.14 bits per heavy atom. The van der Waals surface area contributed by atoms with Gasteiger partial charge in [0, 0.05) is 22.8 Å². The fourth-order valence-corrected chi connectivity index (χ4v) is 4.59. The number of hydrogen-bond donors (Lipinski definition) is 1. The molecule has 1 aliphatic rings. The number of hydrogen-bond acceptors (Lipinski definition) is 6. The summed E-state index contributed by atoms with van der Waals surface area (Å²) in [7, 11) is 0. The van der Waals surface area contributed by atoms with E-state index >= 15 is 0 Å². The van der Waals surface area contributed by atoms with Crippen molar-refractivity contribution in [3.63, 3.8) is 0 Å². The maximum absolute atomic E-state index is 12.5. The minimum atomic E-state index is -0.466. The molecule has 0 radical (unpaired) electrons. The van der Waals surface area contributed by atoms with Crippen LogP contribution < -0.4 is 0 Å². The number of para-hydroxylation sites is 1. The number of aromatic nitrogens is 1.